The molecule has 22 heavy (non-hydrogen) atoms. The van der Waals surface area contributed by atoms with Gasteiger partial charge in [0, 0.05) is 21.1 Å². The molecule has 0 bridgehead atoms. The fourth-order valence-electron chi connectivity index (χ4n) is 2.13. The van der Waals surface area contributed by atoms with Gasteiger partial charge >= 0.3 is 6.18 Å². The monoisotopic (exact) mass is 315 g/mol. The molecule has 1 aromatic carbocycles. The molecule has 0 fully saturated rings. The second-order valence-electron chi connectivity index (χ2n) is 4.43. The third-order valence-corrected chi connectivity index (χ3v) is 3.14. The number of phenols is 1. The van der Waals surface area contributed by atoms with Crippen LogP contribution < -0.4 is 16.0 Å². The lowest BCUT2D eigenvalue weighted by molar-refractivity contribution is -0.138. The van der Waals surface area contributed by atoms with Gasteiger partial charge < -0.3 is 21.1 Å². The zero-order valence-electron chi connectivity index (χ0n) is 12.2. The number of aromatic hydroxyl groups is 1. The summed E-state index contributed by atoms with van der Waals surface area (Å²) >= 11 is 0. The molecule has 0 atom stereocenters. The summed E-state index contributed by atoms with van der Waals surface area (Å²) in [7, 11) is 4.98. The SMILES string of the molecule is CNc1nn(-c2ccc(O)c(C(F)(F)F)c2)c(NC)c1NC. The molecule has 2 aromatic rings. The number of anilines is 3. The summed E-state index contributed by atoms with van der Waals surface area (Å²) in [6, 6.07) is 3.21. The first kappa shape index (κ1) is 15.8. The highest BCUT2D eigenvalue weighted by Gasteiger charge is 2.34. The van der Waals surface area contributed by atoms with E-state index in [1.54, 1.807) is 21.1 Å². The normalized spacial score (nSPS) is 11.4. The van der Waals surface area contributed by atoms with Gasteiger partial charge in [0.1, 0.15) is 11.4 Å². The molecule has 1 heterocycles. The lowest BCUT2D eigenvalue weighted by atomic mass is 10.1. The van der Waals surface area contributed by atoms with Crippen molar-refractivity contribution in [1.82, 2.24) is 9.78 Å². The molecule has 120 valence electrons. The standard InChI is InChI=1S/C13H16F3N5O/c1-17-10-11(18-2)20-21(12(10)19-3)7-4-5-9(22)8(6-7)13(14,15)16/h4-6,17,19,22H,1-3H3,(H,18,20). The molecule has 6 nitrogen and oxygen atoms in total. The molecule has 1 aromatic heterocycles. The fourth-order valence-corrected chi connectivity index (χ4v) is 2.13. The van der Waals surface area contributed by atoms with Gasteiger partial charge in [-0.05, 0) is 18.2 Å². The average molecular weight is 315 g/mol. The predicted molar refractivity (Wildman–Crippen MR) is 78.9 cm³/mol. The molecule has 0 aliphatic heterocycles. The Balaban J connectivity index is 2.64. The summed E-state index contributed by atoms with van der Waals surface area (Å²) in [4.78, 5) is 0. The van der Waals surface area contributed by atoms with Gasteiger partial charge in [-0.1, -0.05) is 0 Å². The van der Waals surface area contributed by atoms with Crippen molar-refractivity contribution in [3.8, 4) is 11.4 Å². The Hall–Kier alpha value is -2.58. The highest BCUT2D eigenvalue weighted by atomic mass is 19.4. The number of rotatable bonds is 4. The third-order valence-electron chi connectivity index (χ3n) is 3.14. The van der Waals surface area contributed by atoms with Gasteiger partial charge in [0.2, 0.25) is 0 Å². The molecule has 0 saturated heterocycles. The van der Waals surface area contributed by atoms with Crippen molar-refractivity contribution in [3.63, 3.8) is 0 Å². The first-order valence-electron chi connectivity index (χ1n) is 6.40. The molecular formula is C13H16F3N5O. The summed E-state index contributed by atoms with van der Waals surface area (Å²) in [5.74, 6) is 0.149. The maximum absolute atomic E-state index is 12.9. The maximum Gasteiger partial charge on any atom is 0.420 e. The third kappa shape index (κ3) is 2.61. The lowest BCUT2D eigenvalue weighted by Crippen LogP contribution is -2.08. The van der Waals surface area contributed by atoms with Crippen LogP contribution in [0.2, 0.25) is 0 Å². The Morgan fingerprint density at radius 2 is 1.77 bits per heavy atom. The van der Waals surface area contributed by atoms with Gasteiger partial charge in [0.25, 0.3) is 0 Å². The van der Waals surface area contributed by atoms with E-state index in [1.807, 2.05) is 0 Å². The van der Waals surface area contributed by atoms with Crippen LogP contribution in [0.4, 0.5) is 30.5 Å². The lowest BCUT2D eigenvalue weighted by Gasteiger charge is -2.13. The van der Waals surface area contributed by atoms with Gasteiger partial charge in [0.15, 0.2) is 11.6 Å². The molecule has 0 unspecified atom stereocenters. The molecule has 0 spiro atoms. The summed E-state index contributed by atoms with van der Waals surface area (Å²) in [5, 5.41) is 22.3. The number of alkyl halides is 3. The summed E-state index contributed by atoms with van der Waals surface area (Å²) in [6.07, 6.45) is -4.65. The Morgan fingerprint density at radius 1 is 1.09 bits per heavy atom. The first-order chi connectivity index (χ1) is 10.3. The molecule has 4 N–H and O–H groups in total. The van der Waals surface area contributed by atoms with Crippen LogP contribution in [-0.4, -0.2) is 36.0 Å². The van der Waals surface area contributed by atoms with E-state index in [-0.39, 0.29) is 5.69 Å². The zero-order valence-corrected chi connectivity index (χ0v) is 12.2. The molecule has 2 rings (SSSR count). The minimum Gasteiger partial charge on any atom is -0.507 e. The smallest absolute Gasteiger partial charge is 0.420 e. The highest BCUT2D eigenvalue weighted by Crippen LogP contribution is 2.38. The van der Waals surface area contributed by atoms with Crippen molar-refractivity contribution in [2.75, 3.05) is 37.1 Å². The van der Waals surface area contributed by atoms with E-state index in [2.05, 4.69) is 21.0 Å². The minimum absolute atomic E-state index is 0.174. The van der Waals surface area contributed by atoms with Crippen molar-refractivity contribution in [1.29, 1.82) is 0 Å². The van der Waals surface area contributed by atoms with E-state index in [0.29, 0.717) is 17.3 Å². The first-order valence-corrected chi connectivity index (χ1v) is 6.40. The summed E-state index contributed by atoms with van der Waals surface area (Å²) in [6.45, 7) is 0. The number of nitrogens with one attached hydrogen (secondary N) is 3. The van der Waals surface area contributed by atoms with E-state index in [0.717, 1.165) is 12.1 Å². The van der Waals surface area contributed by atoms with Crippen LogP contribution in [0.15, 0.2) is 18.2 Å². The van der Waals surface area contributed by atoms with E-state index >= 15 is 0 Å². The second kappa shape index (κ2) is 5.66. The number of phenolic OH excluding ortho intramolecular Hbond substituents is 1. The molecule has 0 radical (unpaired) electrons. The van der Waals surface area contributed by atoms with Crippen LogP contribution in [0.25, 0.3) is 5.69 Å². The number of hydrogen-bond donors (Lipinski definition) is 4. The van der Waals surface area contributed by atoms with Gasteiger partial charge in [-0.25, -0.2) is 4.68 Å². The highest BCUT2D eigenvalue weighted by molar-refractivity contribution is 5.79. The molecule has 0 saturated carbocycles. The van der Waals surface area contributed by atoms with Crippen molar-refractivity contribution < 1.29 is 18.3 Å². The van der Waals surface area contributed by atoms with Crippen molar-refractivity contribution >= 4 is 17.3 Å². The van der Waals surface area contributed by atoms with Crippen LogP contribution >= 0.6 is 0 Å². The van der Waals surface area contributed by atoms with Gasteiger partial charge in [-0.15, -0.1) is 5.10 Å². The van der Waals surface area contributed by atoms with Gasteiger partial charge in [0.05, 0.1) is 11.3 Å². The van der Waals surface area contributed by atoms with Crippen LogP contribution in [0.5, 0.6) is 5.75 Å². The van der Waals surface area contributed by atoms with Crippen LogP contribution in [-0.2, 0) is 6.18 Å². The Kier molecular flexibility index (Phi) is 4.07. The number of aromatic nitrogens is 2. The average Bonchev–Trinajstić information content (AvgIpc) is 2.84. The Bertz CT molecular complexity index is 681. The summed E-state index contributed by atoms with van der Waals surface area (Å²) < 4.78 is 40.1. The molecule has 0 aliphatic rings. The van der Waals surface area contributed by atoms with Gasteiger partial charge in [-0.3, -0.25) is 0 Å². The fraction of sp³-hybridized carbons (Fsp3) is 0.308. The van der Waals surface area contributed by atoms with E-state index in [9.17, 15) is 18.3 Å². The van der Waals surface area contributed by atoms with E-state index < -0.39 is 17.5 Å². The quantitative estimate of drug-likeness (QED) is 0.698. The number of halogens is 3. The molecule has 9 heteroatoms. The topological polar surface area (TPSA) is 74.1 Å². The van der Waals surface area contributed by atoms with Crippen molar-refractivity contribution in [2.24, 2.45) is 0 Å². The second-order valence-corrected chi connectivity index (χ2v) is 4.43. The minimum atomic E-state index is -4.65. The van der Waals surface area contributed by atoms with Crippen molar-refractivity contribution in [2.45, 2.75) is 6.18 Å². The predicted octanol–water partition coefficient (Wildman–Crippen LogP) is 2.72. The van der Waals surface area contributed by atoms with Gasteiger partial charge in [-0.2, -0.15) is 13.2 Å². The number of benzene rings is 1. The van der Waals surface area contributed by atoms with Crippen molar-refractivity contribution in [3.05, 3.63) is 23.8 Å². The maximum atomic E-state index is 12.9. The summed E-state index contributed by atoms with van der Waals surface area (Å²) in [5.41, 5.74) is -0.321. The number of nitrogens with zero attached hydrogens (tertiary/aromatic N) is 2. The van der Waals surface area contributed by atoms with Crippen LogP contribution in [0, 0.1) is 0 Å². The molecule has 0 aliphatic carbocycles. The molecule has 0 amide bonds. The number of hydrogen-bond acceptors (Lipinski definition) is 5. The largest absolute Gasteiger partial charge is 0.507 e. The molecular weight excluding hydrogens is 299 g/mol. The van der Waals surface area contributed by atoms with E-state index in [4.69, 9.17) is 0 Å². The zero-order chi connectivity index (χ0) is 16.5. The van der Waals surface area contributed by atoms with E-state index in [1.165, 1.54) is 10.7 Å². The van der Waals surface area contributed by atoms with Crippen LogP contribution in [0.3, 0.4) is 0 Å². The van der Waals surface area contributed by atoms with Crippen LogP contribution in [0.1, 0.15) is 5.56 Å². The Morgan fingerprint density at radius 3 is 2.27 bits per heavy atom. The Labute approximate surface area is 124 Å².